The fraction of sp³-hybridized carbons (Fsp3) is 0.500. The molecule has 112 valence electrons. The van der Waals surface area contributed by atoms with Gasteiger partial charge < -0.3 is 5.32 Å². The average molecular weight is 326 g/mol. The lowest BCUT2D eigenvalue weighted by molar-refractivity contribution is -0.142. The second-order valence-corrected chi connectivity index (χ2v) is 7.49. The van der Waals surface area contributed by atoms with Gasteiger partial charge in [0.15, 0.2) is 5.78 Å². The van der Waals surface area contributed by atoms with Gasteiger partial charge in [0.05, 0.1) is 10.7 Å². The number of benzene rings is 1. The molecule has 0 spiro atoms. The van der Waals surface area contributed by atoms with Crippen molar-refractivity contribution in [1.82, 2.24) is 0 Å². The number of hydrogen-bond acceptors (Lipinski definition) is 2. The number of carbonyl (C=O) groups excluding carboxylic acids is 2. The lowest BCUT2D eigenvalue weighted by atomic mass is 9.70. The topological polar surface area (TPSA) is 46.2 Å². The van der Waals surface area contributed by atoms with Crippen molar-refractivity contribution in [2.24, 2.45) is 16.7 Å². The molecule has 0 radical (unpaired) electrons. The highest BCUT2D eigenvalue weighted by molar-refractivity contribution is 6.36. The quantitative estimate of drug-likeness (QED) is 0.823. The monoisotopic (exact) mass is 325 g/mol. The molecule has 0 aromatic heterocycles. The van der Waals surface area contributed by atoms with Gasteiger partial charge in [-0.2, -0.15) is 0 Å². The van der Waals surface area contributed by atoms with Crippen LogP contribution in [0.15, 0.2) is 18.2 Å². The number of ketones is 1. The van der Waals surface area contributed by atoms with Crippen LogP contribution in [-0.4, -0.2) is 11.7 Å². The summed E-state index contributed by atoms with van der Waals surface area (Å²) in [5.41, 5.74) is -0.780. The van der Waals surface area contributed by atoms with E-state index in [1.165, 1.54) is 0 Å². The molecule has 2 atom stereocenters. The van der Waals surface area contributed by atoms with Crippen molar-refractivity contribution in [2.75, 3.05) is 5.32 Å². The second kappa shape index (κ2) is 4.72. The van der Waals surface area contributed by atoms with Gasteiger partial charge in [0.25, 0.3) is 0 Å². The standard InChI is InChI=1S/C16H17Cl2NO2/c1-15(2)9-5-6-16(8-9,13(15)20)14(21)19-12-4-3-10(17)7-11(12)18/h3-4,7,9H,5-6,8H2,1-2H3,(H,19,21)/t9-,16-/m0/s1. The van der Waals surface area contributed by atoms with Crippen LogP contribution in [0.25, 0.3) is 0 Å². The van der Waals surface area contributed by atoms with Crippen molar-refractivity contribution < 1.29 is 9.59 Å². The summed E-state index contributed by atoms with van der Waals surface area (Å²) in [5.74, 6) is 0.134. The van der Waals surface area contributed by atoms with Crippen molar-refractivity contribution in [3.05, 3.63) is 28.2 Å². The molecule has 5 heteroatoms. The number of carbonyl (C=O) groups is 2. The molecule has 1 N–H and O–H groups in total. The number of anilines is 1. The summed E-state index contributed by atoms with van der Waals surface area (Å²) in [6.07, 6.45) is 2.22. The van der Waals surface area contributed by atoms with Gasteiger partial charge in [-0.1, -0.05) is 37.0 Å². The van der Waals surface area contributed by atoms with Crippen LogP contribution in [0.2, 0.25) is 10.0 Å². The van der Waals surface area contributed by atoms with E-state index < -0.39 is 10.8 Å². The highest BCUT2D eigenvalue weighted by atomic mass is 35.5. The van der Waals surface area contributed by atoms with Gasteiger partial charge in [-0.3, -0.25) is 9.59 Å². The van der Waals surface area contributed by atoms with Gasteiger partial charge in [-0.25, -0.2) is 0 Å². The first-order chi connectivity index (χ1) is 9.77. The number of nitrogens with one attached hydrogen (secondary N) is 1. The zero-order valence-electron chi connectivity index (χ0n) is 12.0. The van der Waals surface area contributed by atoms with Crippen LogP contribution in [0.4, 0.5) is 5.69 Å². The van der Waals surface area contributed by atoms with Crippen molar-refractivity contribution in [1.29, 1.82) is 0 Å². The van der Waals surface area contributed by atoms with Crippen LogP contribution < -0.4 is 5.32 Å². The van der Waals surface area contributed by atoms with E-state index in [-0.39, 0.29) is 11.7 Å². The first-order valence-corrected chi connectivity index (χ1v) is 7.84. The van der Waals surface area contributed by atoms with Gasteiger partial charge >= 0.3 is 0 Å². The van der Waals surface area contributed by atoms with E-state index in [4.69, 9.17) is 23.2 Å². The fourth-order valence-corrected chi connectivity index (χ4v) is 4.27. The van der Waals surface area contributed by atoms with Crippen molar-refractivity contribution in [2.45, 2.75) is 33.1 Å². The summed E-state index contributed by atoms with van der Waals surface area (Å²) >= 11 is 11.9. The van der Waals surface area contributed by atoms with Crippen LogP contribution >= 0.6 is 23.2 Å². The molecular formula is C16H17Cl2NO2. The van der Waals surface area contributed by atoms with Gasteiger partial charge in [0.2, 0.25) is 5.91 Å². The molecule has 2 aliphatic carbocycles. The number of hydrogen-bond donors (Lipinski definition) is 1. The Kier molecular flexibility index (Phi) is 3.34. The molecular weight excluding hydrogens is 309 g/mol. The van der Waals surface area contributed by atoms with Crippen molar-refractivity contribution >= 4 is 40.6 Å². The van der Waals surface area contributed by atoms with Crippen LogP contribution in [0, 0.1) is 16.7 Å². The largest absolute Gasteiger partial charge is 0.324 e. The third kappa shape index (κ3) is 2.09. The number of fused-ring (bicyclic) bond motifs is 2. The van der Waals surface area contributed by atoms with Gasteiger partial charge in [-0.15, -0.1) is 0 Å². The summed E-state index contributed by atoms with van der Waals surface area (Å²) in [7, 11) is 0. The SMILES string of the molecule is CC1(C)C(=O)[C@]2(C(=O)Nc3ccc(Cl)cc3Cl)CC[C@H]1C2. The average Bonchev–Trinajstić information content (AvgIpc) is 2.93. The second-order valence-electron chi connectivity index (χ2n) is 6.65. The molecule has 2 bridgehead atoms. The zero-order valence-corrected chi connectivity index (χ0v) is 13.5. The Labute approximate surface area is 134 Å². The number of amides is 1. The molecule has 2 saturated carbocycles. The predicted molar refractivity (Wildman–Crippen MR) is 83.7 cm³/mol. The number of Topliss-reactive ketones (excluding diaryl/α,β-unsaturated/α-hetero) is 1. The maximum atomic E-state index is 12.7. The minimum absolute atomic E-state index is 0.0637. The molecule has 0 aliphatic heterocycles. The van der Waals surface area contributed by atoms with E-state index in [0.29, 0.717) is 34.5 Å². The lowest BCUT2D eigenvalue weighted by Gasteiger charge is -2.32. The van der Waals surface area contributed by atoms with E-state index in [1.54, 1.807) is 18.2 Å². The maximum Gasteiger partial charge on any atom is 0.238 e. The number of rotatable bonds is 2. The molecule has 1 amide bonds. The molecule has 0 heterocycles. The molecule has 1 aromatic carbocycles. The first-order valence-electron chi connectivity index (χ1n) is 7.09. The maximum absolute atomic E-state index is 12.7. The van der Waals surface area contributed by atoms with E-state index in [9.17, 15) is 9.59 Å². The fourth-order valence-electron chi connectivity index (χ4n) is 3.81. The Morgan fingerprint density at radius 2 is 2.05 bits per heavy atom. The summed E-state index contributed by atoms with van der Waals surface area (Å²) in [6, 6.07) is 4.91. The molecule has 3 nitrogen and oxygen atoms in total. The third-order valence-electron chi connectivity index (χ3n) is 5.17. The van der Waals surface area contributed by atoms with E-state index in [2.05, 4.69) is 5.32 Å². The van der Waals surface area contributed by atoms with E-state index in [1.807, 2.05) is 13.8 Å². The Morgan fingerprint density at radius 3 is 2.62 bits per heavy atom. The third-order valence-corrected chi connectivity index (χ3v) is 5.72. The highest BCUT2D eigenvalue weighted by Gasteiger charge is 2.65. The van der Waals surface area contributed by atoms with Gasteiger partial charge in [-0.05, 0) is 43.4 Å². The first kappa shape index (κ1) is 14.9. The van der Waals surface area contributed by atoms with E-state index >= 15 is 0 Å². The normalized spacial score (nSPS) is 29.7. The summed E-state index contributed by atoms with van der Waals surface area (Å²) in [4.78, 5) is 25.4. The molecule has 2 fully saturated rings. The van der Waals surface area contributed by atoms with Crippen LogP contribution in [-0.2, 0) is 9.59 Å². The minimum Gasteiger partial charge on any atom is -0.324 e. The summed E-state index contributed by atoms with van der Waals surface area (Å²) < 4.78 is 0. The smallest absolute Gasteiger partial charge is 0.238 e. The highest BCUT2D eigenvalue weighted by Crippen LogP contribution is 2.60. The molecule has 0 saturated heterocycles. The Hall–Kier alpha value is -1.06. The van der Waals surface area contributed by atoms with E-state index in [0.717, 1.165) is 6.42 Å². The Bertz CT molecular complexity index is 641. The molecule has 21 heavy (non-hydrogen) atoms. The molecule has 1 aromatic rings. The Morgan fingerprint density at radius 1 is 1.33 bits per heavy atom. The van der Waals surface area contributed by atoms with Crippen LogP contribution in [0.3, 0.4) is 0 Å². The van der Waals surface area contributed by atoms with Crippen LogP contribution in [0.1, 0.15) is 33.1 Å². The molecule has 2 aliphatic rings. The predicted octanol–water partition coefficient (Wildman–Crippen LogP) is 4.33. The zero-order chi connectivity index (χ0) is 15.4. The molecule has 3 rings (SSSR count). The van der Waals surface area contributed by atoms with Crippen molar-refractivity contribution in [3.8, 4) is 0 Å². The molecule has 0 unspecified atom stereocenters. The van der Waals surface area contributed by atoms with Gasteiger partial charge in [0, 0.05) is 10.4 Å². The minimum atomic E-state index is -0.878. The summed E-state index contributed by atoms with van der Waals surface area (Å²) in [5, 5.41) is 3.71. The Balaban J connectivity index is 1.88. The summed E-state index contributed by atoms with van der Waals surface area (Å²) in [6.45, 7) is 3.90. The lowest BCUT2D eigenvalue weighted by Crippen LogP contribution is -2.44. The number of halogens is 2. The van der Waals surface area contributed by atoms with Crippen LogP contribution in [0.5, 0.6) is 0 Å². The van der Waals surface area contributed by atoms with Crippen molar-refractivity contribution in [3.63, 3.8) is 0 Å². The van der Waals surface area contributed by atoms with Gasteiger partial charge in [0.1, 0.15) is 5.41 Å².